The van der Waals surface area contributed by atoms with Crippen LogP contribution in [0.5, 0.6) is 5.75 Å². The van der Waals surface area contributed by atoms with Crippen LogP contribution in [0.3, 0.4) is 0 Å². The van der Waals surface area contributed by atoms with Crippen molar-refractivity contribution in [2.45, 2.75) is 39.3 Å². The number of ether oxygens (including phenoxy) is 1. The van der Waals surface area contributed by atoms with E-state index in [2.05, 4.69) is 5.32 Å². The van der Waals surface area contributed by atoms with Crippen LogP contribution in [0.25, 0.3) is 0 Å². The maximum atomic E-state index is 12.5. The van der Waals surface area contributed by atoms with Crippen LogP contribution < -0.4 is 10.1 Å². The molecule has 5 heteroatoms. The maximum absolute atomic E-state index is 12.5. The van der Waals surface area contributed by atoms with E-state index in [1.807, 2.05) is 38.1 Å². The van der Waals surface area contributed by atoms with Crippen molar-refractivity contribution in [3.63, 3.8) is 0 Å². The molecule has 1 saturated heterocycles. The number of amides is 2. The third-order valence-corrected chi connectivity index (χ3v) is 3.68. The number of nitrogens with zero attached hydrogens (tertiary/aromatic N) is 1. The summed E-state index contributed by atoms with van der Waals surface area (Å²) in [7, 11) is 0. The van der Waals surface area contributed by atoms with Crippen LogP contribution in [0.4, 0.5) is 0 Å². The Morgan fingerprint density at radius 2 is 2.10 bits per heavy atom. The van der Waals surface area contributed by atoms with E-state index in [0.717, 1.165) is 5.56 Å². The normalized spacial score (nSPS) is 19.9. The lowest BCUT2D eigenvalue weighted by Gasteiger charge is -2.35. The lowest BCUT2D eigenvalue weighted by atomic mass is 10.1. The van der Waals surface area contributed by atoms with Crippen molar-refractivity contribution in [1.29, 1.82) is 0 Å². The fourth-order valence-corrected chi connectivity index (χ4v) is 2.49. The zero-order valence-corrected chi connectivity index (χ0v) is 12.8. The van der Waals surface area contributed by atoms with Crippen LogP contribution in [0.2, 0.25) is 0 Å². The van der Waals surface area contributed by atoms with Crippen molar-refractivity contribution in [2.75, 3.05) is 13.1 Å². The van der Waals surface area contributed by atoms with E-state index in [0.29, 0.717) is 25.3 Å². The largest absolute Gasteiger partial charge is 0.481 e. The first kappa shape index (κ1) is 15.4. The predicted octanol–water partition coefficient (Wildman–Crippen LogP) is 1.50. The summed E-state index contributed by atoms with van der Waals surface area (Å²) in [5.74, 6) is 0.438. The molecule has 0 spiro atoms. The van der Waals surface area contributed by atoms with Crippen LogP contribution in [0.1, 0.15) is 25.8 Å². The third-order valence-electron chi connectivity index (χ3n) is 3.68. The Kier molecular flexibility index (Phi) is 4.83. The smallest absolute Gasteiger partial charge is 0.264 e. The van der Waals surface area contributed by atoms with Gasteiger partial charge in [-0.2, -0.15) is 0 Å². The second-order valence-electron chi connectivity index (χ2n) is 5.32. The summed E-state index contributed by atoms with van der Waals surface area (Å²) in [5.41, 5.74) is 1.14. The highest BCUT2D eigenvalue weighted by atomic mass is 16.5. The van der Waals surface area contributed by atoms with Crippen molar-refractivity contribution >= 4 is 11.8 Å². The Morgan fingerprint density at radius 1 is 1.43 bits per heavy atom. The van der Waals surface area contributed by atoms with Crippen LogP contribution >= 0.6 is 0 Å². The van der Waals surface area contributed by atoms with Gasteiger partial charge in [-0.1, -0.05) is 24.6 Å². The van der Waals surface area contributed by atoms with Gasteiger partial charge < -0.3 is 15.0 Å². The Bertz CT molecular complexity index is 513. The average molecular weight is 290 g/mol. The number of hydrogen-bond acceptors (Lipinski definition) is 3. The summed E-state index contributed by atoms with van der Waals surface area (Å²) in [6.45, 7) is 6.66. The molecule has 21 heavy (non-hydrogen) atoms. The molecule has 1 aliphatic rings. The topological polar surface area (TPSA) is 58.6 Å². The summed E-state index contributed by atoms with van der Waals surface area (Å²) in [6, 6.07) is 7.18. The van der Waals surface area contributed by atoms with E-state index < -0.39 is 12.1 Å². The van der Waals surface area contributed by atoms with Crippen molar-refractivity contribution in [3.8, 4) is 5.75 Å². The minimum absolute atomic E-state index is 0.0837. The fraction of sp³-hybridized carbons (Fsp3) is 0.500. The van der Waals surface area contributed by atoms with Crippen LogP contribution in [0.15, 0.2) is 24.3 Å². The van der Waals surface area contributed by atoms with E-state index >= 15 is 0 Å². The maximum Gasteiger partial charge on any atom is 0.264 e. The second-order valence-corrected chi connectivity index (χ2v) is 5.32. The van der Waals surface area contributed by atoms with Crippen LogP contribution in [0, 0.1) is 6.92 Å². The van der Waals surface area contributed by atoms with Gasteiger partial charge in [-0.05, 0) is 32.4 Å². The summed E-state index contributed by atoms with van der Waals surface area (Å²) in [4.78, 5) is 25.9. The zero-order chi connectivity index (χ0) is 15.4. The van der Waals surface area contributed by atoms with Gasteiger partial charge in [0.05, 0.1) is 0 Å². The molecule has 0 aliphatic carbocycles. The van der Waals surface area contributed by atoms with Crippen LogP contribution in [-0.2, 0) is 9.59 Å². The molecule has 1 aliphatic heterocycles. The number of carbonyl (C=O) groups is 2. The Labute approximate surface area is 125 Å². The molecule has 0 radical (unpaired) electrons. The number of carbonyl (C=O) groups excluding carboxylic acids is 2. The molecule has 1 aromatic carbocycles. The van der Waals surface area contributed by atoms with Gasteiger partial charge in [-0.15, -0.1) is 0 Å². The number of rotatable bonds is 4. The summed E-state index contributed by atoms with van der Waals surface area (Å²) < 4.78 is 5.69. The molecule has 114 valence electrons. The molecule has 0 saturated carbocycles. The van der Waals surface area contributed by atoms with Crippen molar-refractivity contribution in [3.05, 3.63) is 29.8 Å². The second kappa shape index (κ2) is 6.61. The molecule has 1 N–H and O–H groups in total. The summed E-state index contributed by atoms with van der Waals surface area (Å²) >= 11 is 0. The molecule has 2 rings (SSSR count). The SMILES string of the molecule is CCC1C(=O)NCCN1C(=O)C(C)Oc1ccc(C)cc1. The molecule has 1 heterocycles. The average Bonchev–Trinajstić information content (AvgIpc) is 2.48. The number of nitrogens with one attached hydrogen (secondary N) is 1. The molecular weight excluding hydrogens is 268 g/mol. The van der Waals surface area contributed by atoms with Gasteiger partial charge in [0.15, 0.2) is 6.10 Å². The fourth-order valence-electron chi connectivity index (χ4n) is 2.49. The summed E-state index contributed by atoms with van der Waals surface area (Å²) in [5, 5.41) is 2.79. The standard InChI is InChI=1S/C16H22N2O3/c1-4-14-15(19)17-9-10-18(14)16(20)12(3)21-13-7-5-11(2)6-8-13/h5-8,12,14H,4,9-10H2,1-3H3,(H,17,19). The quantitative estimate of drug-likeness (QED) is 0.914. The first-order chi connectivity index (χ1) is 10.0. The van der Waals surface area contributed by atoms with Gasteiger partial charge in [0, 0.05) is 13.1 Å². The highest BCUT2D eigenvalue weighted by Gasteiger charge is 2.34. The molecule has 0 bridgehead atoms. The Balaban J connectivity index is 2.04. The monoisotopic (exact) mass is 290 g/mol. The highest BCUT2D eigenvalue weighted by molar-refractivity contribution is 5.90. The first-order valence-electron chi connectivity index (χ1n) is 7.34. The van der Waals surface area contributed by atoms with Crippen molar-refractivity contribution < 1.29 is 14.3 Å². The lowest BCUT2D eigenvalue weighted by Crippen LogP contribution is -2.59. The van der Waals surface area contributed by atoms with Gasteiger partial charge in [-0.25, -0.2) is 0 Å². The zero-order valence-electron chi connectivity index (χ0n) is 12.8. The number of hydrogen-bond donors (Lipinski definition) is 1. The highest BCUT2D eigenvalue weighted by Crippen LogP contribution is 2.16. The van der Waals surface area contributed by atoms with E-state index in [-0.39, 0.29) is 11.8 Å². The van der Waals surface area contributed by atoms with Gasteiger partial charge in [0.1, 0.15) is 11.8 Å². The van der Waals surface area contributed by atoms with Gasteiger partial charge >= 0.3 is 0 Å². The third kappa shape index (κ3) is 3.54. The minimum Gasteiger partial charge on any atom is -0.481 e. The molecular formula is C16H22N2O3. The van der Waals surface area contributed by atoms with Crippen LogP contribution in [-0.4, -0.2) is 41.9 Å². The van der Waals surface area contributed by atoms with Crippen molar-refractivity contribution in [1.82, 2.24) is 10.2 Å². The Morgan fingerprint density at radius 3 is 2.71 bits per heavy atom. The molecule has 2 unspecified atom stereocenters. The van der Waals surface area contributed by atoms with E-state index in [1.165, 1.54) is 0 Å². The van der Waals surface area contributed by atoms with Gasteiger partial charge in [0.2, 0.25) is 5.91 Å². The molecule has 2 amide bonds. The van der Waals surface area contributed by atoms with E-state index in [1.54, 1.807) is 11.8 Å². The van der Waals surface area contributed by atoms with Crippen molar-refractivity contribution in [2.24, 2.45) is 0 Å². The molecule has 1 aromatic rings. The molecule has 0 aromatic heterocycles. The Hall–Kier alpha value is -2.04. The lowest BCUT2D eigenvalue weighted by molar-refractivity contribution is -0.148. The summed E-state index contributed by atoms with van der Waals surface area (Å²) in [6.07, 6.45) is 0.00196. The number of benzene rings is 1. The minimum atomic E-state index is -0.604. The molecule has 2 atom stereocenters. The van der Waals surface area contributed by atoms with E-state index in [4.69, 9.17) is 4.74 Å². The first-order valence-corrected chi connectivity index (χ1v) is 7.34. The number of aryl methyl sites for hydroxylation is 1. The molecule has 5 nitrogen and oxygen atoms in total. The van der Waals surface area contributed by atoms with Gasteiger partial charge in [0.25, 0.3) is 5.91 Å². The van der Waals surface area contributed by atoms with Gasteiger partial charge in [-0.3, -0.25) is 9.59 Å². The molecule has 1 fully saturated rings. The van der Waals surface area contributed by atoms with E-state index in [9.17, 15) is 9.59 Å². The predicted molar refractivity (Wildman–Crippen MR) is 80.1 cm³/mol. The number of piperazine rings is 1.